The number of hydrogen-bond acceptors (Lipinski definition) is 5. The maximum atomic E-state index is 5.12. The SMILES string of the molecule is COCc1cc(-c2nc3ncc(C)cc3[nH]2)no1. The molecule has 0 fully saturated rings. The number of aromatic amines is 1. The number of nitrogens with one attached hydrogen (secondary N) is 1. The fourth-order valence-corrected chi connectivity index (χ4v) is 1.76. The van der Waals surface area contributed by atoms with Gasteiger partial charge in [0.15, 0.2) is 17.2 Å². The van der Waals surface area contributed by atoms with Crippen LogP contribution < -0.4 is 0 Å². The quantitative estimate of drug-likeness (QED) is 0.763. The molecule has 3 heterocycles. The van der Waals surface area contributed by atoms with E-state index in [1.165, 1.54) is 0 Å². The minimum atomic E-state index is 0.393. The molecule has 0 unspecified atom stereocenters. The first-order chi connectivity index (χ1) is 8.76. The van der Waals surface area contributed by atoms with Crippen molar-refractivity contribution in [2.45, 2.75) is 13.5 Å². The fraction of sp³-hybridized carbons (Fsp3) is 0.250. The Morgan fingerprint density at radius 3 is 3.11 bits per heavy atom. The molecule has 0 saturated carbocycles. The Hall–Kier alpha value is -2.21. The van der Waals surface area contributed by atoms with Crippen LogP contribution in [0.5, 0.6) is 0 Å². The Morgan fingerprint density at radius 1 is 1.39 bits per heavy atom. The zero-order chi connectivity index (χ0) is 12.5. The molecule has 3 aromatic heterocycles. The van der Waals surface area contributed by atoms with Crippen molar-refractivity contribution in [2.24, 2.45) is 0 Å². The van der Waals surface area contributed by atoms with E-state index in [9.17, 15) is 0 Å². The summed E-state index contributed by atoms with van der Waals surface area (Å²) in [6, 6.07) is 3.79. The third kappa shape index (κ3) is 1.86. The lowest BCUT2D eigenvalue weighted by Crippen LogP contribution is -1.82. The van der Waals surface area contributed by atoms with Crippen LogP contribution in [-0.4, -0.2) is 27.2 Å². The van der Waals surface area contributed by atoms with Crippen LogP contribution >= 0.6 is 0 Å². The molecule has 3 aromatic rings. The lowest BCUT2D eigenvalue weighted by molar-refractivity contribution is 0.156. The van der Waals surface area contributed by atoms with E-state index in [0.717, 1.165) is 11.1 Å². The number of ether oxygens (including phenoxy) is 1. The molecule has 6 nitrogen and oxygen atoms in total. The second kappa shape index (κ2) is 4.23. The Labute approximate surface area is 103 Å². The first-order valence-electron chi connectivity index (χ1n) is 5.53. The Bertz CT molecular complexity index is 686. The Kier molecular flexibility index (Phi) is 2.56. The van der Waals surface area contributed by atoms with Crippen LogP contribution in [0, 0.1) is 6.92 Å². The zero-order valence-corrected chi connectivity index (χ0v) is 10.1. The summed E-state index contributed by atoms with van der Waals surface area (Å²) in [5, 5.41) is 3.95. The second-order valence-electron chi connectivity index (χ2n) is 4.08. The molecule has 1 N–H and O–H groups in total. The van der Waals surface area contributed by atoms with E-state index in [-0.39, 0.29) is 0 Å². The average molecular weight is 244 g/mol. The van der Waals surface area contributed by atoms with Gasteiger partial charge >= 0.3 is 0 Å². The maximum Gasteiger partial charge on any atom is 0.178 e. The summed E-state index contributed by atoms with van der Waals surface area (Å²) in [6.45, 7) is 2.38. The molecule has 0 bridgehead atoms. The summed E-state index contributed by atoms with van der Waals surface area (Å²) in [5.41, 5.74) is 3.30. The monoisotopic (exact) mass is 244 g/mol. The van der Waals surface area contributed by atoms with E-state index in [2.05, 4.69) is 20.1 Å². The maximum absolute atomic E-state index is 5.12. The molecule has 92 valence electrons. The van der Waals surface area contributed by atoms with Crippen LogP contribution in [0.25, 0.3) is 22.7 Å². The van der Waals surface area contributed by atoms with E-state index in [0.29, 0.717) is 29.5 Å². The predicted molar refractivity (Wildman–Crippen MR) is 64.8 cm³/mol. The van der Waals surface area contributed by atoms with Crippen molar-refractivity contribution in [3.63, 3.8) is 0 Å². The van der Waals surface area contributed by atoms with Crippen LogP contribution in [0.4, 0.5) is 0 Å². The van der Waals surface area contributed by atoms with Gasteiger partial charge in [-0.3, -0.25) is 0 Å². The van der Waals surface area contributed by atoms with E-state index < -0.39 is 0 Å². The molecular formula is C12H12N4O2. The number of fused-ring (bicyclic) bond motifs is 1. The standard InChI is InChI=1S/C12H12N4O2/c1-7-3-9-11(13-5-7)15-12(14-9)10-4-8(6-17-2)18-16-10/h3-5H,6H2,1-2H3,(H,13,14,15). The van der Waals surface area contributed by atoms with Gasteiger partial charge in [0.1, 0.15) is 12.3 Å². The van der Waals surface area contributed by atoms with Crippen molar-refractivity contribution in [1.29, 1.82) is 0 Å². The molecule has 0 amide bonds. The van der Waals surface area contributed by atoms with Crippen molar-refractivity contribution in [3.05, 3.63) is 29.7 Å². The highest BCUT2D eigenvalue weighted by Gasteiger charge is 2.11. The van der Waals surface area contributed by atoms with Crippen LogP contribution in [0.3, 0.4) is 0 Å². The molecule has 0 aromatic carbocycles. The first kappa shape index (κ1) is 10.9. The number of pyridine rings is 1. The Balaban J connectivity index is 2.02. The van der Waals surface area contributed by atoms with Gasteiger partial charge in [0.25, 0.3) is 0 Å². The lowest BCUT2D eigenvalue weighted by atomic mass is 10.3. The van der Waals surface area contributed by atoms with Gasteiger partial charge in [-0.15, -0.1) is 0 Å². The van der Waals surface area contributed by atoms with Gasteiger partial charge in [-0.25, -0.2) is 9.97 Å². The van der Waals surface area contributed by atoms with Crippen molar-refractivity contribution in [2.75, 3.05) is 7.11 Å². The van der Waals surface area contributed by atoms with Gasteiger partial charge in [0.05, 0.1) is 5.52 Å². The average Bonchev–Trinajstić information content (AvgIpc) is 2.94. The van der Waals surface area contributed by atoms with E-state index in [4.69, 9.17) is 9.26 Å². The molecule has 0 saturated heterocycles. The van der Waals surface area contributed by atoms with Crippen LogP contribution in [-0.2, 0) is 11.3 Å². The molecule has 0 spiro atoms. The van der Waals surface area contributed by atoms with Gasteiger partial charge in [0, 0.05) is 19.4 Å². The molecule has 6 heteroatoms. The number of rotatable bonds is 3. The fourth-order valence-electron chi connectivity index (χ4n) is 1.76. The van der Waals surface area contributed by atoms with Gasteiger partial charge in [-0.2, -0.15) is 0 Å². The molecule has 0 radical (unpaired) electrons. The smallest absolute Gasteiger partial charge is 0.178 e. The summed E-state index contributed by atoms with van der Waals surface area (Å²) in [4.78, 5) is 11.8. The number of hydrogen-bond donors (Lipinski definition) is 1. The van der Waals surface area contributed by atoms with Gasteiger partial charge in [-0.1, -0.05) is 5.16 Å². The lowest BCUT2D eigenvalue weighted by Gasteiger charge is -1.88. The largest absolute Gasteiger partial charge is 0.377 e. The zero-order valence-electron chi connectivity index (χ0n) is 10.1. The van der Waals surface area contributed by atoms with Gasteiger partial charge in [0.2, 0.25) is 0 Å². The number of methoxy groups -OCH3 is 1. The highest BCUT2D eigenvalue weighted by molar-refractivity contribution is 5.75. The summed E-state index contributed by atoms with van der Waals surface area (Å²) in [6.07, 6.45) is 1.78. The van der Waals surface area contributed by atoms with Crippen molar-refractivity contribution >= 4 is 11.2 Å². The molecular weight excluding hydrogens is 232 g/mol. The number of aryl methyl sites for hydroxylation is 1. The first-order valence-corrected chi connectivity index (χ1v) is 5.53. The van der Waals surface area contributed by atoms with Gasteiger partial charge in [-0.05, 0) is 18.6 Å². The highest BCUT2D eigenvalue weighted by atomic mass is 16.5. The van der Waals surface area contributed by atoms with Crippen molar-refractivity contribution < 1.29 is 9.26 Å². The third-order valence-corrected chi connectivity index (χ3v) is 2.56. The normalized spacial score (nSPS) is 11.2. The highest BCUT2D eigenvalue weighted by Crippen LogP contribution is 2.19. The molecule has 3 rings (SSSR count). The van der Waals surface area contributed by atoms with Crippen LogP contribution in [0.2, 0.25) is 0 Å². The minimum Gasteiger partial charge on any atom is -0.377 e. The number of imidazole rings is 1. The van der Waals surface area contributed by atoms with E-state index in [1.807, 2.05) is 13.0 Å². The summed E-state index contributed by atoms with van der Waals surface area (Å²) >= 11 is 0. The topological polar surface area (TPSA) is 76.8 Å². The summed E-state index contributed by atoms with van der Waals surface area (Å²) < 4.78 is 10.1. The van der Waals surface area contributed by atoms with E-state index >= 15 is 0 Å². The number of nitrogens with zero attached hydrogens (tertiary/aromatic N) is 3. The minimum absolute atomic E-state index is 0.393. The number of H-pyrrole nitrogens is 1. The van der Waals surface area contributed by atoms with Gasteiger partial charge < -0.3 is 14.2 Å². The molecule has 18 heavy (non-hydrogen) atoms. The summed E-state index contributed by atoms with van der Waals surface area (Å²) in [7, 11) is 1.61. The third-order valence-electron chi connectivity index (χ3n) is 2.56. The molecule has 0 aliphatic rings. The molecule has 0 aliphatic carbocycles. The van der Waals surface area contributed by atoms with Crippen LogP contribution in [0.15, 0.2) is 22.9 Å². The van der Waals surface area contributed by atoms with Crippen molar-refractivity contribution in [1.82, 2.24) is 20.1 Å². The van der Waals surface area contributed by atoms with E-state index in [1.54, 1.807) is 19.4 Å². The van der Waals surface area contributed by atoms with Crippen molar-refractivity contribution in [3.8, 4) is 11.5 Å². The summed E-state index contributed by atoms with van der Waals surface area (Å²) in [5.74, 6) is 1.31. The molecule has 0 aliphatic heterocycles. The second-order valence-corrected chi connectivity index (χ2v) is 4.08. The molecule has 0 atom stereocenters. The Morgan fingerprint density at radius 2 is 2.28 bits per heavy atom. The number of aromatic nitrogens is 4. The predicted octanol–water partition coefficient (Wildman–Crippen LogP) is 2.07. The van der Waals surface area contributed by atoms with Crippen LogP contribution in [0.1, 0.15) is 11.3 Å².